The lowest BCUT2D eigenvalue weighted by Crippen LogP contribution is -1.86. The summed E-state index contributed by atoms with van der Waals surface area (Å²) in [5, 5.41) is 1.33. The highest BCUT2D eigenvalue weighted by molar-refractivity contribution is 14.2. The zero-order valence-electron chi connectivity index (χ0n) is 9.84. The van der Waals surface area contributed by atoms with Crippen molar-refractivity contribution in [1.82, 2.24) is 3.97 Å². The molecule has 4 heteroatoms. The van der Waals surface area contributed by atoms with Gasteiger partial charge in [0, 0.05) is 46.4 Å². The fourth-order valence-corrected chi connectivity index (χ4v) is 3.81. The van der Waals surface area contributed by atoms with Crippen molar-refractivity contribution in [2.75, 3.05) is 0 Å². The van der Waals surface area contributed by atoms with Crippen molar-refractivity contribution in [3.8, 4) is 0 Å². The quantitative estimate of drug-likeness (QED) is 0.529. The summed E-state index contributed by atoms with van der Waals surface area (Å²) in [6, 6.07) is 4.36. The number of halogens is 2. The van der Waals surface area contributed by atoms with E-state index in [2.05, 4.69) is 73.3 Å². The van der Waals surface area contributed by atoms with E-state index in [1.54, 1.807) is 9.12 Å². The molecular weight excluding hydrogens is 397 g/mol. The SMILES string of the molecule is CC.Cc1cc(Br)c2c(ccn2SI)c1C. The van der Waals surface area contributed by atoms with Crippen LogP contribution in [0.1, 0.15) is 25.0 Å². The fraction of sp³-hybridized carbons (Fsp3) is 0.333. The minimum absolute atomic E-state index is 1.17. The number of benzene rings is 1. The molecule has 0 atom stereocenters. The van der Waals surface area contributed by atoms with Gasteiger partial charge in [0.25, 0.3) is 0 Å². The minimum atomic E-state index is 1.17. The molecule has 0 unspecified atom stereocenters. The minimum Gasteiger partial charge on any atom is -0.281 e. The second-order valence-corrected chi connectivity index (χ2v) is 5.84. The van der Waals surface area contributed by atoms with E-state index in [0.717, 1.165) is 0 Å². The third kappa shape index (κ3) is 2.59. The lowest BCUT2D eigenvalue weighted by Gasteiger charge is -2.06. The summed E-state index contributed by atoms with van der Waals surface area (Å²) >= 11 is 5.91. The molecule has 0 saturated carbocycles. The number of hydrogen-bond acceptors (Lipinski definition) is 1. The van der Waals surface area contributed by atoms with Crippen molar-refractivity contribution in [3.05, 3.63) is 33.9 Å². The van der Waals surface area contributed by atoms with Crippen molar-refractivity contribution >= 4 is 57.2 Å². The van der Waals surface area contributed by atoms with E-state index in [0.29, 0.717) is 0 Å². The van der Waals surface area contributed by atoms with Gasteiger partial charge in [0.15, 0.2) is 0 Å². The van der Waals surface area contributed by atoms with Crippen molar-refractivity contribution in [2.45, 2.75) is 27.7 Å². The van der Waals surface area contributed by atoms with Crippen LogP contribution in [-0.2, 0) is 0 Å². The largest absolute Gasteiger partial charge is 0.281 e. The Balaban J connectivity index is 0.000000606. The summed E-state index contributed by atoms with van der Waals surface area (Å²) in [6.45, 7) is 8.32. The average Bonchev–Trinajstić information content (AvgIpc) is 2.73. The maximum absolute atomic E-state index is 3.62. The predicted octanol–water partition coefficient (Wildman–Crippen LogP) is 5.89. The van der Waals surface area contributed by atoms with Crippen LogP contribution in [0.25, 0.3) is 10.9 Å². The Morgan fingerprint density at radius 1 is 1.31 bits per heavy atom. The normalized spacial score (nSPS) is 10.1. The highest BCUT2D eigenvalue weighted by Crippen LogP contribution is 2.33. The van der Waals surface area contributed by atoms with Gasteiger partial charge in [-0.15, -0.1) is 0 Å². The van der Waals surface area contributed by atoms with E-state index < -0.39 is 0 Å². The third-order valence-electron chi connectivity index (χ3n) is 2.49. The Kier molecular flexibility index (Phi) is 5.67. The average molecular weight is 412 g/mol. The standard InChI is InChI=1S/C10H9BrINS.C2H6/c1-6-5-9(11)10-8(7(6)2)3-4-13(10)14-12;1-2/h3-5H,1-2H3;1-2H3. The second-order valence-electron chi connectivity index (χ2n) is 3.27. The lowest BCUT2D eigenvalue weighted by atomic mass is 10.1. The summed E-state index contributed by atoms with van der Waals surface area (Å²) in [5.41, 5.74) is 3.97. The van der Waals surface area contributed by atoms with Crippen LogP contribution in [0, 0.1) is 13.8 Å². The first-order valence-corrected chi connectivity index (χ1v) is 9.32. The van der Waals surface area contributed by atoms with Gasteiger partial charge < -0.3 is 0 Å². The summed E-state index contributed by atoms with van der Waals surface area (Å²) in [4.78, 5) is 0. The molecule has 16 heavy (non-hydrogen) atoms. The maximum atomic E-state index is 3.62. The van der Waals surface area contributed by atoms with Crippen LogP contribution in [0.2, 0.25) is 0 Å². The van der Waals surface area contributed by atoms with Gasteiger partial charge in [-0.1, -0.05) is 13.8 Å². The molecule has 1 aromatic carbocycles. The third-order valence-corrected chi connectivity index (χ3v) is 4.82. The van der Waals surface area contributed by atoms with E-state index >= 15 is 0 Å². The van der Waals surface area contributed by atoms with Crippen LogP contribution in [0.3, 0.4) is 0 Å². The number of aromatic nitrogens is 1. The van der Waals surface area contributed by atoms with Crippen molar-refractivity contribution < 1.29 is 0 Å². The van der Waals surface area contributed by atoms with Crippen LogP contribution >= 0.6 is 46.3 Å². The molecule has 1 heterocycles. The Bertz CT molecular complexity index is 493. The molecule has 0 aliphatic rings. The number of aryl methyl sites for hydroxylation is 2. The molecular formula is C12H15BrINS. The lowest BCUT2D eigenvalue weighted by molar-refractivity contribution is 1.33. The molecule has 0 aliphatic carbocycles. The molecule has 1 aromatic heterocycles. The molecule has 0 amide bonds. The van der Waals surface area contributed by atoms with E-state index in [-0.39, 0.29) is 0 Å². The zero-order chi connectivity index (χ0) is 12.3. The molecule has 88 valence electrons. The number of fused-ring (bicyclic) bond motifs is 1. The highest BCUT2D eigenvalue weighted by atomic mass is 127. The van der Waals surface area contributed by atoms with Gasteiger partial charge >= 0.3 is 0 Å². The van der Waals surface area contributed by atoms with E-state index in [9.17, 15) is 0 Å². The van der Waals surface area contributed by atoms with Gasteiger partial charge in [-0.3, -0.25) is 3.97 Å². The zero-order valence-corrected chi connectivity index (χ0v) is 14.4. The second kappa shape index (κ2) is 6.31. The molecule has 2 rings (SSSR count). The van der Waals surface area contributed by atoms with Crippen molar-refractivity contribution in [1.29, 1.82) is 0 Å². The summed E-state index contributed by atoms with van der Waals surface area (Å²) in [5.74, 6) is 0. The van der Waals surface area contributed by atoms with Crippen LogP contribution < -0.4 is 0 Å². The number of hydrogen-bond donors (Lipinski definition) is 0. The summed E-state index contributed by atoms with van der Waals surface area (Å²) < 4.78 is 3.34. The van der Waals surface area contributed by atoms with Gasteiger partial charge in [-0.05, 0) is 53.0 Å². The van der Waals surface area contributed by atoms with Crippen LogP contribution in [0.4, 0.5) is 0 Å². The summed E-state index contributed by atoms with van der Waals surface area (Å²) in [7, 11) is 1.69. The topological polar surface area (TPSA) is 4.93 Å². The molecule has 0 aliphatic heterocycles. The van der Waals surface area contributed by atoms with Gasteiger partial charge in [0.2, 0.25) is 0 Å². The predicted molar refractivity (Wildman–Crippen MR) is 87.5 cm³/mol. The first kappa shape index (κ1) is 14.4. The van der Waals surface area contributed by atoms with Gasteiger partial charge in [0.1, 0.15) is 0 Å². The molecule has 0 spiro atoms. The molecule has 0 bridgehead atoms. The van der Waals surface area contributed by atoms with Crippen molar-refractivity contribution in [3.63, 3.8) is 0 Å². The maximum Gasteiger partial charge on any atom is 0.0743 e. The Morgan fingerprint density at radius 2 is 1.94 bits per heavy atom. The van der Waals surface area contributed by atoms with E-state index in [1.165, 1.54) is 26.5 Å². The van der Waals surface area contributed by atoms with Crippen LogP contribution in [0.5, 0.6) is 0 Å². The monoisotopic (exact) mass is 411 g/mol. The van der Waals surface area contributed by atoms with Gasteiger partial charge in [-0.2, -0.15) is 0 Å². The molecule has 0 fully saturated rings. The Hall–Kier alpha value is 0.320. The number of nitrogens with zero attached hydrogens (tertiary/aromatic N) is 1. The molecule has 1 nitrogen and oxygen atoms in total. The molecule has 0 saturated heterocycles. The van der Waals surface area contributed by atoms with Gasteiger partial charge in [0.05, 0.1) is 5.52 Å². The number of rotatable bonds is 1. The van der Waals surface area contributed by atoms with Gasteiger partial charge in [-0.25, -0.2) is 0 Å². The first-order valence-electron chi connectivity index (χ1n) is 5.21. The Labute approximate surface area is 122 Å². The highest BCUT2D eigenvalue weighted by Gasteiger charge is 2.09. The van der Waals surface area contributed by atoms with Crippen molar-refractivity contribution in [2.24, 2.45) is 0 Å². The molecule has 2 aromatic rings. The first-order chi connectivity index (χ1) is 7.65. The van der Waals surface area contributed by atoms with E-state index in [1.807, 2.05) is 13.8 Å². The molecule has 0 radical (unpaired) electrons. The van der Waals surface area contributed by atoms with Crippen LogP contribution in [-0.4, -0.2) is 3.97 Å². The van der Waals surface area contributed by atoms with Crippen LogP contribution in [0.15, 0.2) is 22.8 Å². The molecule has 0 N–H and O–H groups in total. The Morgan fingerprint density at radius 3 is 2.50 bits per heavy atom. The fourth-order valence-electron chi connectivity index (χ4n) is 1.59. The smallest absolute Gasteiger partial charge is 0.0743 e. The van der Waals surface area contributed by atoms with E-state index in [4.69, 9.17) is 0 Å². The summed E-state index contributed by atoms with van der Waals surface area (Å²) in [6.07, 6.45) is 2.11.